The zero-order valence-corrected chi connectivity index (χ0v) is 16.4. The van der Waals surface area contributed by atoms with Gasteiger partial charge >= 0.3 is 0 Å². The number of hydrogen-bond donors (Lipinski definition) is 0. The first-order chi connectivity index (χ1) is 14.7. The van der Waals surface area contributed by atoms with Crippen LogP contribution in [0.1, 0.15) is 17.3 Å². The van der Waals surface area contributed by atoms with Crippen molar-refractivity contribution in [3.8, 4) is 34.5 Å². The van der Waals surface area contributed by atoms with E-state index in [1.54, 1.807) is 31.2 Å². The van der Waals surface area contributed by atoms with Crippen LogP contribution >= 0.6 is 0 Å². The fourth-order valence-corrected chi connectivity index (χ4v) is 2.81. The van der Waals surface area contributed by atoms with Gasteiger partial charge in [-0.3, -0.25) is 4.79 Å². The van der Waals surface area contributed by atoms with Gasteiger partial charge in [0.1, 0.15) is 34.5 Å². The van der Waals surface area contributed by atoms with E-state index in [0.717, 1.165) is 11.5 Å². The van der Waals surface area contributed by atoms with Crippen molar-refractivity contribution in [2.24, 2.45) is 0 Å². The Bertz CT molecular complexity index is 1100. The molecule has 0 aromatic heterocycles. The maximum atomic E-state index is 11.3. The Labute approximate surface area is 175 Å². The highest BCUT2D eigenvalue weighted by Crippen LogP contribution is 2.29. The molecule has 0 amide bonds. The smallest absolute Gasteiger partial charge is 0.159 e. The predicted octanol–water partition coefficient (Wildman–Crippen LogP) is 7.27. The summed E-state index contributed by atoms with van der Waals surface area (Å²) in [4.78, 5) is 11.3. The van der Waals surface area contributed by atoms with Crippen LogP contribution in [0.3, 0.4) is 0 Å². The molecule has 0 atom stereocenters. The summed E-state index contributed by atoms with van der Waals surface area (Å²) in [5, 5.41) is 0. The molecule has 4 nitrogen and oxygen atoms in total. The first-order valence-corrected chi connectivity index (χ1v) is 9.55. The Morgan fingerprint density at radius 2 is 0.767 bits per heavy atom. The van der Waals surface area contributed by atoms with E-state index in [1.165, 1.54) is 0 Å². The second kappa shape index (κ2) is 8.97. The standard InChI is InChI=1S/C26H20O4/c1-19(27)20-7-9-22(10-8-20)29-24-15-17-26(18-16-24)30-25-13-11-23(12-14-25)28-21-5-3-2-4-6-21/h2-18H,1H3. The number of carbonyl (C=O) groups is 1. The normalized spacial score (nSPS) is 10.3. The van der Waals surface area contributed by atoms with Crippen molar-refractivity contribution < 1.29 is 19.0 Å². The quantitative estimate of drug-likeness (QED) is 0.308. The number of para-hydroxylation sites is 1. The molecule has 4 aromatic rings. The summed E-state index contributed by atoms with van der Waals surface area (Å²) < 4.78 is 17.5. The van der Waals surface area contributed by atoms with Gasteiger partial charge in [0, 0.05) is 5.56 Å². The number of hydrogen-bond acceptors (Lipinski definition) is 4. The molecule has 0 N–H and O–H groups in total. The van der Waals surface area contributed by atoms with Gasteiger partial charge in [0.25, 0.3) is 0 Å². The Hall–Kier alpha value is -4.05. The van der Waals surface area contributed by atoms with Gasteiger partial charge in [0.05, 0.1) is 0 Å². The van der Waals surface area contributed by atoms with E-state index in [1.807, 2.05) is 78.9 Å². The summed E-state index contributed by atoms with van der Waals surface area (Å²) in [6, 6.07) is 31.5. The van der Waals surface area contributed by atoms with E-state index in [2.05, 4.69) is 0 Å². The summed E-state index contributed by atoms with van der Waals surface area (Å²) in [7, 11) is 0. The molecule has 4 heteroatoms. The molecule has 0 saturated heterocycles. The lowest BCUT2D eigenvalue weighted by molar-refractivity contribution is 0.101. The molecule has 0 aliphatic rings. The van der Waals surface area contributed by atoms with Gasteiger partial charge < -0.3 is 14.2 Å². The number of ketones is 1. The number of carbonyl (C=O) groups excluding carboxylic acids is 1. The summed E-state index contributed by atoms with van der Waals surface area (Å²) in [6.45, 7) is 1.54. The van der Waals surface area contributed by atoms with Gasteiger partial charge in [0.2, 0.25) is 0 Å². The van der Waals surface area contributed by atoms with Crippen molar-refractivity contribution >= 4 is 5.78 Å². The zero-order valence-electron chi connectivity index (χ0n) is 16.4. The predicted molar refractivity (Wildman–Crippen MR) is 116 cm³/mol. The van der Waals surface area contributed by atoms with E-state index in [4.69, 9.17) is 14.2 Å². The minimum absolute atomic E-state index is 0.0303. The molecular formula is C26H20O4. The molecule has 0 radical (unpaired) electrons. The maximum Gasteiger partial charge on any atom is 0.159 e. The first-order valence-electron chi connectivity index (χ1n) is 9.55. The van der Waals surface area contributed by atoms with Gasteiger partial charge in [-0.25, -0.2) is 0 Å². The monoisotopic (exact) mass is 396 g/mol. The van der Waals surface area contributed by atoms with Crippen LogP contribution in [0.25, 0.3) is 0 Å². The fraction of sp³-hybridized carbons (Fsp3) is 0.0385. The largest absolute Gasteiger partial charge is 0.457 e. The molecule has 0 aliphatic heterocycles. The van der Waals surface area contributed by atoms with Crippen molar-refractivity contribution in [1.82, 2.24) is 0 Å². The lowest BCUT2D eigenvalue weighted by Crippen LogP contribution is -1.91. The number of rotatable bonds is 7. The Morgan fingerprint density at radius 1 is 0.467 bits per heavy atom. The molecule has 4 rings (SSSR count). The average Bonchev–Trinajstić information content (AvgIpc) is 2.78. The summed E-state index contributed by atoms with van der Waals surface area (Å²) >= 11 is 0. The molecule has 0 aliphatic carbocycles. The maximum absolute atomic E-state index is 11.3. The number of Topliss-reactive ketones (excluding diaryl/α,β-unsaturated/α-hetero) is 1. The Morgan fingerprint density at radius 3 is 1.10 bits per heavy atom. The van der Waals surface area contributed by atoms with Crippen LogP contribution in [-0.4, -0.2) is 5.78 Å². The van der Waals surface area contributed by atoms with Crippen molar-refractivity contribution in [3.05, 3.63) is 109 Å². The SMILES string of the molecule is CC(=O)c1ccc(Oc2ccc(Oc3ccc(Oc4ccccc4)cc3)cc2)cc1. The molecule has 148 valence electrons. The topological polar surface area (TPSA) is 44.8 Å². The van der Waals surface area contributed by atoms with Crippen LogP contribution in [0.15, 0.2) is 103 Å². The molecule has 0 heterocycles. The Kier molecular flexibility index (Phi) is 5.76. The highest BCUT2D eigenvalue weighted by molar-refractivity contribution is 5.94. The van der Waals surface area contributed by atoms with Gasteiger partial charge in [-0.15, -0.1) is 0 Å². The number of benzene rings is 4. The lowest BCUT2D eigenvalue weighted by atomic mass is 10.1. The average molecular weight is 396 g/mol. The highest BCUT2D eigenvalue weighted by Gasteiger charge is 2.03. The lowest BCUT2D eigenvalue weighted by Gasteiger charge is -2.10. The van der Waals surface area contributed by atoms with E-state index >= 15 is 0 Å². The summed E-state index contributed by atoms with van der Waals surface area (Å²) in [5.41, 5.74) is 0.659. The van der Waals surface area contributed by atoms with Gasteiger partial charge in [-0.05, 0) is 91.9 Å². The van der Waals surface area contributed by atoms with E-state index in [0.29, 0.717) is 28.6 Å². The Balaban J connectivity index is 1.35. The summed E-state index contributed by atoms with van der Waals surface area (Å²) in [5.74, 6) is 4.33. The third kappa shape index (κ3) is 5.06. The minimum Gasteiger partial charge on any atom is -0.457 e. The molecule has 4 aromatic carbocycles. The van der Waals surface area contributed by atoms with Crippen LogP contribution in [0.2, 0.25) is 0 Å². The highest BCUT2D eigenvalue weighted by atomic mass is 16.5. The second-order valence-electron chi connectivity index (χ2n) is 6.64. The minimum atomic E-state index is 0.0303. The molecule has 0 spiro atoms. The zero-order chi connectivity index (χ0) is 20.8. The first kappa shape index (κ1) is 19.3. The molecule has 0 fully saturated rings. The van der Waals surface area contributed by atoms with Crippen molar-refractivity contribution in [1.29, 1.82) is 0 Å². The van der Waals surface area contributed by atoms with Gasteiger partial charge in [0.15, 0.2) is 5.78 Å². The second-order valence-corrected chi connectivity index (χ2v) is 6.64. The molecule has 30 heavy (non-hydrogen) atoms. The third-order valence-corrected chi connectivity index (χ3v) is 4.36. The molecule has 0 unspecified atom stereocenters. The molecular weight excluding hydrogens is 376 g/mol. The van der Waals surface area contributed by atoms with Gasteiger partial charge in [-0.1, -0.05) is 18.2 Å². The van der Waals surface area contributed by atoms with Crippen molar-refractivity contribution in [2.75, 3.05) is 0 Å². The number of ether oxygens (including phenoxy) is 3. The molecule has 0 saturated carbocycles. The van der Waals surface area contributed by atoms with E-state index in [9.17, 15) is 4.79 Å². The van der Waals surface area contributed by atoms with E-state index < -0.39 is 0 Å². The van der Waals surface area contributed by atoms with Crippen LogP contribution in [0, 0.1) is 0 Å². The van der Waals surface area contributed by atoms with Crippen LogP contribution in [0.4, 0.5) is 0 Å². The molecule has 0 bridgehead atoms. The van der Waals surface area contributed by atoms with Crippen molar-refractivity contribution in [3.63, 3.8) is 0 Å². The summed E-state index contributed by atoms with van der Waals surface area (Å²) in [6.07, 6.45) is 0. The fourth-order valence-electron chi connectivity index (χ4n) is 2.81. The van der Waals surface area contributed by atoms with Crippen molar-refractivity contribution in [2.45, 2.75) is 6.92 Å². The van der Waals surface area contributed by atoms with E-state index in [-0.39, 0.29) is 5.78 Å². The van der Waals surface area contributed by atoms with Gasteiger partial charge in [-0.2, -0.15) is 0 Å². The van der Waals surface area contributed by atoms with Crippen LogP contribution in [-0.2, 0) is 0 Å². The van der Waals surface area contributed by atoms with Crippen LogP contribution in [0.5, 0.6) is 34.5 Å². The van der Waals surface area contributed by atoms with Crippen LogP contribution < -0.4 is 14.2 Å². The third-order valence-electron chi connectivity index (χ3n) is 4.36.